The molecule has 1 aliphatic rings. The van der Waals surface area contributed by atoms with Gasteiger partial charge in [0.25, 0.3) is 0 Å². The highest BCUT2D eigenvalue weighted by atomic mass is 16.5. The average Bonchev–Trinajstić information content (AvgIpc) is 2.69. The highest BCUT2D eigenvalue weighted by Gasteiger charge is 2.17. The Hall–Kier alpha value is -2.73. The maximum Gasteiger partial charge on any atom is 0.308 e. The first kappa shape index (κ1) is 19.0. The molecule has 6 nitrogen and oxygen atoms in total. The Balaban J connectivity index is 1.40. The fraction of sp³-hybridized carbons (Fsp3) is 0.381. The van der Waals surface area contributed by atoms with E-state index in [1.165, 1.54) is 12.6 Å². The lowest BCUT2D eigenvalue weighted by molar-refractivity contribution is -0.131. The number of rotatable bonds is 7. The second kappa shape index (κ2) is 9.28. The maximum absolute atomic E-state index is 10.9. The largest absolute Gasteiger partial charge is 0.497 e. The van der Waals surface area contributed by atoms with Gasteiger partial charge in [-0.3, -0.25) is 9.69 Å². The lowest BCUT2D eigenvalue weighted by Crippen LogP contribution is -2.47. The standard InChI is InChI=1S/C21H26N2O4/c1-17(24)27-20-8-6-19(7-9-20)26-15-14-22-10-12-23(13-11-22)18-4-3-5-21(16-18)25-2/h3-9,16H,10-15H2,1-2H3. The highest BCUT2D eigenvalue weighted by Crippen LogP contribution is 2.22. The zero-order chi connectivity index (χ0) is 19.1. The summed E-state index contributed by atoms with van der Waals surface area (Å²) in [6, 6.07) is 15.3. The summed E-state index contributed by atoms with van der Waals surface area (Å²) in [5, 5.41) is 0. The zero-order valence-electron chi connectivity index (χ0n) is 15.9. The van der Waals surface area contributed by atoms with Crippen molar-refractivity contribution >= 4 is 11.7 Å². The van der Waals surface area contributed by atoms with Gasteiger partial charge in [0.15, 0.2) is 0 Å². The number of ether oxygens (including phenoxy) is 3. The normalized spacial score (nSPS) is 14.7. The summed E-state index contributed by atoms with van der Waals surface area (Å²) < 4.78 is 16.1. The van der Waals surface area contributed by atoms with Gasteiger partial charge in [-0.2, -0.15) is 0 Å². The Morgan fingerprint density at radius 3 is 2.33 bits per heavy atom. The van der Waals surface area contributed by atoms with Gasteiger partial charge in [0.2, 0.25) is 0 Å². The van der Waals surface area contributed by atoms with E-state index in [9.17, 15) is 4.79 Å². The summed E-state index contributed by atoms with van der Waals surface area (Å²) in [5.41, 5.74) is 1.21. The summed E-state index contributed by atoms with van der Waals surface area (Å²) in [5.74, 6) is 1.88. The molecule has 1 fully saturated rings. The Kier molecular flexibility index (Phi) is 6.54. The van der Waals surface area contributed by atoms with Crippen molar-refractivity contribution < 1.29 is 19.0 Å². The van der Waals surface area contributed by atoms with Crippen LogP contribution >= 0.6 is 0 Å². The molecule has 2 aromatic rings. The van der Waals surface area contributed by atoms with E-state index in [0.29, 0.717) is 12.4 Å². The van der Waals surface area contributed by atoms with Crippen molar-refractivity contribution in [3.63, 3.8) is 0 Å². The van der Waals surface area contributed by atoms with Crippen LogP contribution in [0.3, 0.4) is 0 Å². The molecular formula is C21H26N2O4. The van der Waals surface area contributed by atoms with E-state index in [4.69, 9.17) is 14.2 Å². The first-order chi connectivity index (χ1) is 13.1. The third kappa shape index (κ3) is 5.62. The third-order valence-electron chi connectivity index (χ3n) is 4.55. The zero-order valence-corrected chi connectivity index (χ0v) is 15.9. The molecule has 0 spiro atoms. The minimum absolute atomic E-state index is 0.322. The van der Waals surface area contributed by atoms with Crippen molar-refractivity contribution in [1.29, 1.82) is 0 Å². The molecule has 0 atom stereocenters. The van der Waals surface area contributed by atoms with E-state index >= 15 is 0 Å². The number of nitrogens with zero attached hydrogens (tertiary/aromatic N) is 2. The lowest BCUT2D eigenvalue weighted by atomic mass is 10.2. The third-order valence-corrected chi connectivity index (χ3v) is 4.55. The van der Waals surface area contributed by atoms with Gasteiger partial charge in [0, 0.05) is 51.4 Å². The molecule has 0 amide bonds. The van der Waals surface area contributed by atoms with Crippen LogP contribution in [0.1, 0.15) is 6.92 Å². The number of anilines is 1. The van der Waals surface area contributed by atoms with Crippen LogP contribution in [-0.2, 0) is 4.79 Å². The Morgan fingerprint density at radius 2 is 1.67 bits per heavy atom. The van der Waals surface area contributed by atoms with Gasteiger partial charge in [-0.05, 0) is 36.4 Å². The molecule has 1 heterocycles. The van der Waals surface area contributed by atoms with E-state index in [1.807, 2.05) is 24.3 Å². The monoisotopic (exact) mass is 370 g/mol. The molecule has 27 heavy (non-hydrogen) atoms. The van der Waals surface area contributed by atoms with Crippen LogP contribution in [0.4, 0.5) is 5.69 Å². The fourth-order valence-corrected chi connectivity index (χ4v) is 3.10. The number of piperazine rings is 1. The van der Waals surface area contributed by atoms with Crippen molar-refractivity contribution in [3.05, 3.63) is 48.5 Å². The lowest BCUT2D eigenvalue weighted by Gasteiger charge is -2.36. The fourth-order valence-electron chi connectivity index (χ4n) is 3.10. The number of hydrogen-bond donors (Lipinski definition) is 0. The van der Waals surface area contributed by atoms with Gasteiger partial charge in [0.1, 0.15) is 23.9 Å². The van der Waals surface area contributed by atoms with Gasteiger partial charge in [0.05, 0.1) is 7.11 Å². The molecule has 2 aromatic carbocycles. The second-order valence-electron chi connectivity index (χ2n) is 6.44. The number of esters is 1. The average molecular weight is 370 g/mol. The number of benzene rings is 2. The van der Waals surface area contributed by atoms with Crippen LogP contribution in [0, 0.1) is 0 Å². The highest BCUT2D eigenvalue weighted by molar-refractivity contribution is 5.69. The molecule has 0 bridgehead atoms. The van der Waals surface area contributed by atoms with Gasteiger partial charge < -0.3 is 19.1 Å². The van der Waals surface area contributed by atoms with E-state index < -0.39 is 0 Å². The summed E-state index contributed by atoms with van der Waals surface area (Å²) >= 11 is 0. The Labute approximate surface area is 160 Å². The van der Waals surface area contributed by atoms with E-state index in [2.05, 4.69) is 21.9 Å². The maximum atomic E-state index is 10.9. The molecule has 1 aliphatic heterocycles. The summed E-state index contributed by atoms with van der Waals surface area (Å²) in [4.78, 5) is 15.7. The molecule has 6 heteroatoms. The van der Waals surface area contributed by atoms with Crippen molar-refractivity contribution in [1.82, 2.24) is 4.90 Å². The SMILES string of the molecule is COc1cccc(N2CCN(CCOc3ccc(OC(C)=O)cc3)CC2)c1. The molecule has 1 saturated heterocycles. The Bertz CT molecular complexity index is 740. The first-order valence-corrected chi connectivity index (χ1v) is 9.17. The van der Waals surface area contributed by atoms with Gasteiger partial charge in [-0.1, -0.05) is 6.07 Å². The van der Waals surface area contributed by atoms with Crippen LogP contribution in [0.15, 0.2) is 48.5 Å². The quantitative estimate of drug-likeness (QED) is 0.552. The minimum Gasteiger partial charge on any atom is -0.497 e. The molecule has 0 N–H and O–H groups in total. The predicted octanol–water partition coefficient (Wildman–Crippen LogP) is 2.82. The molecule has 0 saturated carbocycles. The number of hydrogen-bond acceptors (Lipinski definition) is 6. The molecule has 3 rings (SSSR count). The first-order valence-electron chi connectivity index (χ1n) is 9.17. The molecule has 144 valence electrons. The summed E-state index contributed by atoms with van der Waals surface area (Å²) in [6.45, 7) is 6.90. The van der Waals surface area contributed by atoms with Crippen LogP contribution in [0.5, 0.6) is 17.2 Å². The van der Waals surface area contributed by atoms with Gasteiger partial charge >= 0.3 is 5.97 Å². The molecule has 0 aliphatic carbocycles. The van der Waals surface area contributed by atoms with Crippen LogP contribution in [-0.4, -0.2) is 57.3 Å². The number of methoxy groups -OCH3 is 1. The van der Waals surface area contributed by atoms with E-state index in [-0.39, 0.29) is 5.97 Å². The smallest absolute Gasteiger partial charge is 0.308 e. The van der Waals surface area contributed by atoms with Gasteiger partial charge in [-0.15, -0.1) is 0 Å². The summed E-state index contributed by atoms with van der Waals surface area (Å²) in [6.07, 6.45) is 0. The topological polar surface area (TPSA) is 51.2 Å². The molecular weight excluding hydrogens is 344 g/mol. The summed E-state index contributed by atoms with van der Waals surface area (Å²) in [7, 11) is 1.70. The van der Waals surface area contributed by atoms with Crippen molar-refractivity contribution in [2.75, 3.05) is 51.3 Å². The van der Waals surface area contributed by atoms with Crippen LogP contribution < -0.4 is 19.1 Å². The number of carbonyl (C=O) groups is 1. The second-order valence-corrected chi connectivity index (χ2v) is 6.44. The Morgan fingerprint density at radius 1 is 0.963 bits per heavy atom. The molecule has 0 radical (unpaired) electrons. The molecule has 0 aromatic heterocycles. The number of carbonyl (C=O) groups excluding carboxylic acids is 1. The van der Waals surface area contributed by atoms with Crippen molar-refractivity contribution in [2.24, 2.45) is 0 Å². The predicted molar refractivity (Wildman–Crippen MR) is 105 cm³/mol. The van der Waals surface area contributed by atoms with Crippen LogP contribution in [0.2, 0.25) is 0 Å². The van der Waals surface area contributed by atoms with E-state index in [1.54, 1.807) is 19.2 Å². The van der Waals surface area contributed by atoms with Gasteiger partial charge in [-0.25, -0.2) is 0 Å². The van der Waals surface area contributed by atoms with Crippen molar-refractivity contribution in [3.8, 4) is 17.2 Å². The molecule has 0 unspecified atom stereocenters. The van der Waals surface area contributed by atoms with Crippen molar-refractivity contribution in [2.45, 2.75) is 6.92 Å². The minimum atomic E-state index is -0.322. The van der Waals surface area contributed by atoms with Crippen LogP contribution in [0.25, 0.3) is 0 Å². The van der Waals surface area contributed by atoms with E-state index in [0.717, 1.165) is 44.2 Å².